The minimum atomic E-state index is -0.952. The van der Waals surface area contributed by atoms with Gasteiger partial charge >= 0.3 is 5.97 Å². The van der Waals surface area contributed by atoms with Crippen molar-refractivity contribution in [3.8, 4) is 0 Å². The first kappa shape index (κ1) is 12.3. The second-order valence-electron chi connectivity index (χ2n) is 3.50. The Morgan fingerprint density at radius 1 is 1.39 bits per heavy atom. The Kier molecular flexibility index (Phi) is 3.74. The fraction of sp³-hybridized carbons (Fsp3) is 0.0833. The number of hydrogen-bond donors (Lipinski definition) is 1. The van der Waals surface area contributed by atoms with Gasteiger partial charge in [-0.15, -0.1) is 0 Å². The highest BCUT2D eigenvalue weighted by atomic mass is 35.5. The predicted octanol–water partition coefficient (Wildman–Crippen LogP) is 1.38. The molecule has 0 saturated carbocycles. The van der Waals surface area contributed by atoms with Gasteiger partial charge in [-0.3, -0.25) is 4.79 Å². The second kappa shape index (κ2) is 5.46. The summed E-state index contributed by atoms with van der Waals surface area (Å²) < 4.78 is 4.86. The molecule has 1 aromatic rings. The van der Waals surface area contributed by atoms with Crippen molar-refractivity contribution < 1.29 is 14.3 Å². The summed E-state index contributed by atoms with van der Waals surface area (Å²) in [4.78, 5) is 22.5. The molecule has 1 aromatic carbocycles. The molecule has 0 saturated heterocycles. The van der Waals surface area contributed by atoms with Gasteiger partial charge in [0.15, 0.2) is 0 Å². The largest absolute Gasteiger partial charge is 0.443 e. The SMILES string of the molecule is O=C(C=Cc1ccc(Cl)cc1)OC1C=NNC1=O. The fourth-order valence-electron chi connectivity index (χ4n) is 1.29. The number of rotatable bonds is 3. The average Bonchev–Trinajstić information content (AvgIpc) is 2.74. The Bertz CT molecular complexity index is 523. The summed E-state index contributed by atoms with van der Waals surface area (Å²) >= 11 is 5.73. The maximum Gasteiger partial charge on any atom is 0.331 e. The predicted molar refractivity (Wildman–Crippen MR) is 67.0 cm³/mol. The van der Waals surface area contributed by atoms with Crippen LogP contribution in [0.2, 0.25) is 5.02 Å². The zero-order valence-corrected chi connectivity index (χ0v) is 9.92. The zero-order valence-electron chi connectivity index (χ0n) is 9.17. The third kappa shape index (κ3) is 3.18. The molecule has 2 rings (SSSR count). The molecule has 0 spiro atoms. The van der Waals surface area contributed by atoms with Gasteiger partial charge in [0.05, 0.1) is 6.21 Å². The Hall–Kier alpha value is -2.14. The summed E-state index contributed by atoms with van der Waals surface area (Å²) in [6.07, 6.45) is 3.09. The van der Waals surface area contributed by atoms with Crippen molar-refractivity contribution in [3.05, 3.63) is 40.9 Å². The summed E-state index contributed by atoms with van der Waals surface area (Å²) in [7, 11) is 0. The molecule has 0 fully saturated rings. The van der Waals surface area contributed by atoms with Crippen LogP contribution in [0.5, 0.6) is 0 Å². The number of hydrazone groups is 1. The minimum Gasteiger partial charge on any atom is -0.443 e. The standard InChI is InChI=1S/C12H9ClN2O3/c13-9-4-1-8(2-5-9)3-6-11(16)18-10-7-14-15-12(10)17/h1-7,10H,(H,15,17). The van der Waals surface area contributed by atoms with Gasteiger partial charge in [0.25, 0.3) is 5.91 Å². The lowest BCUT2D eigenvalue weighted by Crippen LogP contribution is -2.29. The van der Waals surface area contributed by atoms with Crippen LogP contribution in [0.3, 0.4) is 0 Å². The van der Waals surface area contributed by atoms with E-state index < -0.39 is 18.0 Å². The molecule has 1 heterocycles. The molecule has 1 atom stereocenters. The number of esters is 1. The van der Waals surface area contributed by atoms with E-state index in [0.29, 0.717) is 5.02 Å². The summed E-state index contributed by atoms with van der Waals surface area (Å²) in [5, 5.41) is 4.11. The highest BCUT2D eigenvalue weighted by Crippen LogP contribution is 2.10. The number of hydrogen-bond acceptors (Lipinski definition) is 4. The molecule has 18 heavy (non-hydrogen) atoms. The van der Waals surface area contributed by atoms with Gasteiger partial charge in [-0.05, 0) is 23.8 Å². The van der Waals surface area contributed by atoms with Crippen molar-refractivity contribution in [3.63, 3.8) is 0 Å². The molecule has 1 aliphatic heterocycles. The molecular formula is C12H9ClN2O3. The van der Waals surface area contributed by atoms with Crippen molar-refractivity contribution in [2.24, 2.45) is 5.10 Å². The first-order valence-electron chi connectivity index (χ1n) is 5.12. The lowest BCUT2D eigenvalue weighted by molar-refractivity contribution is -0.146. The lowest BCUT2D eigenvalue weighted by atomic mass is 10.2. The van der Waals surface area contributed by atoms with Crippen LogP contribution in [-0.4, -0.2) is 24.2 Å². The van der Waals surface area contributed by atoms with Crippen LogP contribution in [0.15, 0.2) is 35.4 Å². The highest BCUT2D eigenvalue weighted by Gasteiger charge is 2.23. The number of nitrogens with zero attached hydrogens (tertiary/aromatic N) is 1. The number of amides is 1. The number of halogens is 1. The average molecular weight is 265 g/mol. The molecule has 1 N–H and O–H groups in total. The zero-order chi connectivity index (χ0) is 13.0. The number of nitrogens with one attached hydrogen (secondary N) is 1. The summed E-state index contributed by atoms with van der Waals surface area (Å²) in [5.74, 6) is -1.07. The summed E-state index contributed by atoms with van der Waals surface area (Å²) in [6.45, 7) is 0. The molecule has 1 aliphatic rings. The molecule has 1 amide bonds. The Labute approximate surface area is 108 Å². The summed E-state index contributed by atoms with van der Waals surface area (Å²) in [6, 6.07) is 6.94. The van der Waals surface area contributed by atoms with Crippen molar-refractivity contribution in [1.82, 2.24) is 5.43 Å². The monoisotopic (exact) mass is 264 g/mol. The van der Waals surface area contributed by atoms with E-state index in [2.05, 4.69) is 10.5 Å². The highest BCUT2D eigenvalue weighted by molar-refractivity contribution is 6.30. The fourth-order valence-corrected chi connectivity index (χ4v) is 1.41. The molecule has 0 aromatic heterocycles. The van der Waals surface area contributed by atoms with Crippen LogP contribution in [0.25, 0.3) is 6.08 Å². The number of ether oxygens (including phenoxy) is 1. The van der Waals surface area contributed by atoms with E-state index in [1.54, 1.807) is 30.3 Å². The van der Waals surface area contributed by atoms with Crippen LogP contribution in [0.4, 0.5) is 0 Å². The molecule has 0 radical (unpaired) electrons. The van der Waals surface area contributed by atoms with Crippen LogP contribution >= 0.6 is 11.6 Å². The normalized spacial score (nSPS) is 18.1. The summed E-state index contributed by atoms with van der Waals surface area (Å²) in [5.41, 5.74) is 2.98. The van der Waals surface area contributed by atoms with Crippen molar-refractivity contribution in [2.45, 2.75) is 6.10 Å². The van der Waals surface area contributed by atoms with E-state index >= 15 is 0 Å². The number of carbonyl (C=O) groups is 2. The third-order valence-corrected chi connectivity index (χ3v) is 2.42. The quantitative estimate of drug-likeness (QED) is 0.662. The molecule has 0 bridgehead atoms. The van der Waals surface area contributed by atoms with Crippen LogP contribution in [-0.2, 0) is 14.3 Å². The van der Waals surface area contributed by atoms with Gasteiger partial charge in [-0.25, -0.2) is 10.2 Å². The van der Waals surface area contributed by atoms with Crippen molar-refractivity contribution >= 4 is 35.8 Å². The van der Waals surface area contributed by atoms with Gasteiger partial charge in [0, 0.05) is 11.1 Å². The molecule has 6 heteroatoms. The minimum absolute atomic E-state index is 0.455. The van der Waals surface area contributed by atoms with Gasteiger partial charge in [-0.2, -0.15) is 5.10 Å². The van der Waals surface area contributed by atoms with E-state index in [9.17, 15) is 9.59 Å². The second-order valence-corrected chi connectivity index (χ2v) is 3.93. The van der Waals surface area contributed by atoms with E-state index in [1.807, 2.05) is 0 Å². The maximum atomic E-state index is 11.4. The third-order valence-electron chi connectivity index (χ3n) is 2.17. The van der Waals surface area contributed by atoms with Crippen molar-refractivity contribution in [1.29, 1.82) is 0 Å². The van der Waals surface area contributed by atoms with E-state index in [1.165, 1.54) is 12.3 Å². The van der Waals surface area contributed by atoms with Gasteiger partial charge in [0.1, 0.15) is 0 Å². The van der Waals surface area contributed by atoms with E-state index in [-0.39, 0.29) is 0 Å². The molecule has 0 aliphatic carbocycles. The lowest BCUT2D eigenvalue weighted by Gasteiger charge is -2.03. The Morgan fingerprint density at radius 3 is 2.72 bits per heavy atom. The maximum absolute atomic E-state index is 11.4. The molecule has 5 nitrogen and oxygen atoms in total. The van der Waals surface area contributed by atoms with E-state index in [0.717, 1.165) is 5.56 Å². The molecular weight excluding hydrogens is 256 g/mol. The van der Waals surface area contributed by atoms with Crippen molar-refractivity contribution in [2.75, 3.05) is 0 Å². The molecule has 1 unspecified atom stereocenters. The van der Waals surface area contributed by atoms with Crippen LogP contribution < -0.4 is 5.43 Å². The first-order valence-corrected chi connectivity index (χ1v) is 5.50. The number of carbonyl (C=O) groups excluding carboxylic acids is 2. The first-order chi connectivity index (χ1) is 8.65. The van der Waals surface area contributed by atoms with Gasteiger partial charge < -0.3 is 4.74 Å². The number of benzene rings is 1. The van der Waals surface area contributed by atoms with Gasteiger partial charge in [0.2, 0.25) is 6.10 Å². The molecule has 92 valence electrons. The smallest absolute Gasteiger partial charge is 0.331 e. The van der Waals surface area contributed by atoms with Gasteiger partial charge in [-0.1, -0.05) is 23.7 Å². The Balaban J connectivity index is 1.92. The van der Waals surface area contributed by atoms with Crippen LogP contribution in [0.1, 0.15) is 5.56 Å². The van der Waals surface area contributed by atoms with E-state index in [4.69, 9.17) is 16.3 Å². The Morgan fingerprint density at radius 2 is 2.11 bits per heavy atom. The van der Waals surface area contributed by atoms with Crippen LogP contribution in [0, 0.1) is 0 Å². The topological polar surface area (TPSA) is 67.8 Å².